The summed E-state index contributed by atoms with van der Waals surface area (Å²) < 4.78 is 1.73. The van der Waals surface area contributed by atoms with Crippen LogP contribution >= 0.6 is 11.6 Å². The zero-order chi connectivity index (χ0) is 18.5. The van der Waals surface area contributed by atoms with Crippen LogP contribution in [-0.2, 0) is 11.3 Å². The van der Waals surface area contributed by atoms with E-state index in [1.165, 1.54) is 6.08 Å². The van der Waals surface area contributed by atoms with E-state index in [9.17, 15) is 4.79 Å². The Bertz CT molecular complexity index is 948. The van der Waals surface area contributed by atoms with Crippen LogP contribution in [0.25, 0.3) is 6.08 Å². The maximum atomic E-state index is 12.1. The highest BCUT2D eigenvalue weighted by atomic mass is 35.5. The second kappa shape index (κ2) is 7.97. The van der Waals surface area contributed by atoms with E-state index in [0.29, 0.717) is 17.5 Å². The molecular weight excluding hydrogens is 348 g/mol. The van der Waals surface area contributed by atoms with Crippen molar-refractivity contribution in [1.82, 2.24) is 14.8 Å². The predicted octanol–water partition coefficient (Wildman–Crippen LogP) is 4.25. The van der Waals surface area contributed by atoms with Crippen LogP contribution in [0.4, 0.5) is 5.82 Å². The summed E-state index contributed by atoms with van der Waals surface area (Å²) in [5.74, 6) is 0.247. The van der Waals surface area contributed by atoms with Gasteiger partial charge in [0.05, 0.1) is 12.2 Å². The molecule has 5 nitrogen and oxygen atoms in total. The Morgan fingerprint density at radius 3 is 2.73 bits per heavy atom. The molecule has 0 aliphatic heterocycles. The minimum Gasteiger partial charge on any atom is -0.307 e. The normalized spacial score (nSPS) is 11.0. The fraction of sp³-hybridized carbons (Fsp3) is 0.150. The second-order valence-corrected chi connectivity index (χ2v) is 6.33. The predicted molar refractivity (Wildman–Crippen MR) is 104 cm³/mol. The number of halogens is 1. The maximum Gasteiger partial charge on any atom is 0.249 e. The van der Waals surface area contributed by atoms with E-state index in [-0.39, 0.29) is 5.91 Å². The monoisotopic (exact) mass is 366 g/mol. The quantitative estimate of drug-likeness (QED) is 0.687. The highest BCUT2D eigenvalue weighted by Gasteiger charge is 2.12. The molecule has 2 heterocycles. The third-order valence-electron chi connectivity index (χ3n) is 3.85. The Balaban J connectivity index is 1.73. The van der Waals surface area contributed by atoms with Gasteiger partial charge >= 0.3 is 0 Å². The Morgan fingerprint density at radius 2 is 2.00 bits per heavy atom. The van der Waals surface area contributed by atoms with Crippen molar-refractivity contribution in [2.75, 3.05) is 5.32 Å². The Labute approximate surface area is 157 Å². The minimum atomic E-state index is -0.269. The number of benzene rings is 1. The fourth-order valence-electron chi connectivity index (χ4n) is 2.55. The number of anilines is 1. The van der Waals surface area contributed by atoms with Gasteiger partial charge in [0.2, 0.25) is 5.91 Å². The van der Waals surface area contributed by atoms with Crippen molar-refractivity contribution in [2.45, 2.75) is 20.4 Å². The first-order chi connectivity index (χ1) is 12.5. The van der Waals surface area contributed by atoms with Crippen LogP contribution in [0.5, 0.6) is 0 Å². The molecule has 1 amide bonds. The number of aromatic nitrogens is 3. The summed E-state index contributed by atoms with van der Waals surface area (Å²) in [5.41, 5.74) is 3.63. The van der Waals surface area contributed by atoms with Gasteiger partial charge in [-0.2, -0.15) is 5.10 Å². The zero-order valence-electron chi connectivity index (χ0n) is 14.6. The summed E-state index contributed by atoms with van der Waals surface area (Å²) in [7, 11) is 0. The molecule has 0 fully saturated rings. The van der Waals surface area contributed by atoms with Gasteiger partial charge in [-0.3, -0.25) is 4.79 Å². The maximum absolute atomic E-state index is 12.1. The van der Waals surface area contributed by atoms with Crippen LogP contribution in [0.3, 0.4) is 0 Å². The number of nitrogens with zero attached hydrogens (tertiary/aromatic N) is 3. The molecule has 0 bridgehead atoms. The largest absolute Gasteiger partial charge is 0.307 e. The van der Waals surface area contributed by atoms with E-state index >= 15 is 0 Å². The van der Waals surface area contributed by atoms with Gasteiger partial charge in [-0.15, -0.1) is 0 Å². The number of pyridine rings is 1. The van der Waals surface area contributed by atoms with Gasteiger partial charge in [-0.25, -0.2) is 9.67 Å². The van der Waals surface area contributed by atoms with Gasteiger partial charge in [-0.05, 0) is 43.2 Å². The summed E-state index contributed by atoms with van der Waals surface area (Å²) in [6, 6.07) is 13.6. The van der Waals surface area contributed by atoms with Crippen molar-refractivity contribution in [1.29, 1.82) is 0 Å². The molecule has 1 N–H and O–H groups in total. The molecule has 0 aliphatic rings. The van der Waals surface area contributed by atoms with Crippen molar-refractivity contribution in [2.24, 2.45) is 0 Å². The van der Waals surface area contributed by atoms with Crippen LogP contribution in [0.1, 0.15) is 22.4 Å². The zero-order valence-corrected chi connectivity index (χ0v) is 15.4. The number of carbonyl (C=O) groups excluding carboxylic acids is 1. The molecular formula is C20H19ClN4O. The van der Waals surface area contributed by atoms with Crippen LogP contribution < -0.4 is 5.32 Å². The van der Waals surface area contributed by atoms with Crippen LogP contribution in [0, 0.1) is 13.8 Å². The molecule has 132 valence electrons. The summed E-state index contributed by atoms with van der Waals surface area (Å²) in [6.07, 6.45) is 4.77. The number of hydrogen-bond donors (Lipinski definition) is 1. The Kier molecular flexibility index (Phi) is 5.49. The van der Waals surface area contributed by atoms with Gasteiger partial charge in [0.25, 0.3) is 0 Å². The molecule has 0 saturated heterocycles. The van der Waals surface area contributed by atoms with E-state index in [1.807, 2.05) is 56.3 Å². The van der Waals surface area contributed by atoms with E-state index in [2.05, 4.69) is 15.4 Å². The highest BCUT2D eigenvalue weighted by Crippen LogP contribution is 2.22. The average Bonchev–Trinajstić information content (AvgIpc) is 2.87. The summed E-state index contributed by atoms with van der Waals surface area (Å²) in [6.45, 7) is 4.39. The van der Waals surface area contributed by atoms with Gasteiger partial charge in [0, 0.05) is 17.8 Å². The average molecular weight is 367 g/mol. The molecule has 3 rings (SSSR count). The van der Waals surface area contributed by atoms with Crippen molar-refractivity contribution in [3.63, 3.8) is 0 Å². The van der Waals surface area contributed by atoms with Crippen molar-refractivity contribution in [3.8, 4) is 0 Å². The first-order valence-corrected chi connectivity index (χ1v) is 8.59. The number of aryl methyl sites for hydroxylation is 2. The molecule has 0 saturated carbocycles. The molecule has 3 aromatic rings. The van der Waals surface area contributed by atoms with Crippen LogP contribution in [-0.4, -0.2) is 20.7 Å². The van der Waals surface area contributed by atoms with Crippen molar-refractivity contribution >= 4 is 29.4 Å². The lowest BCUT2D eigenvalue weighted by molar-refractivity contribution is -0.111. The van der Waals surface area contributed by atoms with Crippen molar-refractivity contribution < 1.29 is 4.79 Å². The Hall–Kier alpha value is -2.92. The number of rotatable bonds is 5. The van der Waals surface area contributed by atoms with Crippen LogP contribution in [0.2, 0.25) is 5.15 Å². The number of amides is 1. The summed E-state index contributed by atoms with van der Waals surface area (Å²) in [5, 5.41) is 7.70. The van der Waals surface area contributed by atoms with Crippen LogP contribution in [0.15, 0.2) is 54.7 Å². The van der Waals surface area contributed by atoms with E-state index in [4.69, 9.17) is 11.6 Å². The Morgan fingerprint density at radius 1 is 1.23 bits per heavy atom. The molecule has 0 unspecified atom stereocenters. The minimum absolute atomic E-state index is 0.269. The number of hydrogen-bond acceptors (Lipinski definition) is 3. The molecule has 0 spiro atoms. The third kappa shape index (κ3) is 4.37. The molecule has 0 radical (unpaired) electrons. The summed E-state index contributed by atoms with van der Waals surface area (Å²) in [4.78, 5) is 16.2. The molecule has 0 aliphatic carbocycles. The second-order valence-electron chi connectivity index (χ2n) is 5.97. The SMILES string of the molecule is Cc1ccnc(NC(=O)/C=C/c2c(C)nn(Cc3ccccc3)c2Cl)c1. The van der Waals surface area contributed by atoms with E-state index < -0.39 is 0 Å². The number of nitrogens with one attached hydrogen (secondary N) is 1. The lowest BCUT2D eigenvalue weighted by atomic mass is 10.2. The topological polar surface area (TPSA) is 59.8 Å². The first kappa shape index (κ1) is 17.9. The van der Waals surface area contributed by atoms with Gasteiger partial charge in [0.15, 0.2) is 0 Å². The summed E-state index contributed by atoms with van der Waals surface area (Å²) >= 11 is 6.45. The fourth-order valence-corrected chi connectivity index (χ4v) is 2.85. The number of carbonyl (C=O) groups is 1. The molecule has 6 heteroatoms. The first-order valence-electron chi connectivity index (χ1n) is 8.21. The van der Waals surface area contributed by atoms with Gasteiger partial charge < -0.3 is 5.32 Å². The van der Waals surface area contributed by atoms with E-state index in [1.54, 1.807) is 17.0 Å². The van der Waals surface area contributed by atoms with Gasteiger partial charge in [0.1, 0.15) is 11.0 Å². The van der Waals surface area contributed by atoms with Gasteiger partial charge in [-0.1, -0.05) is 41.9 Å². The van der Waals surface area contributed by atoms with E-state index in [0.717, 1.165) is 22.4 Å². The third-order valence-corrected chi connectivity index (χ3v) is 4.25. The lowest BCUT2D eigenvalue weighted by Gasteiger charge is -2.03. The standard InChI is InChI=1S/C20H19ClN4O/c1-14-10-11-22-18(12-14)23-19(26)9-8-17-15(2)24-25(20(17)21)13-16-6-4-3-5-7-16/h3-12H,13H2,1-2H3,(H,22,23,26)/b9-8+. The highest BCUT2D eigenvalue weighted by molar-refractivity contribution is 6.31. The lowest BCUT2D eigenvalue weighted by Crippen LogP contribution is -2.09. The smallest absolute Gasteiger partial charge is 0.249 e. The molecule has 0 atom stereocenters. The molecule has 1 aromatic carbocycles. The molecule has 26 heavy (non-hydrogen) atoms. The van der Waals surface area contributed by atoms with Crippen molar-refractivity contribution in [3.05, 3.63) is 82.3 Å². The molecule has 2 aromatic heterocycles.